The van der Waals surface area contributed by atoms with E-state index in [0.29, 0.717) is 5.25 Å². The highest BCUT2D eigenvalue weighted by Gasteiger charge is 2.16. The van der Waals surface area contributed by atoms with Crippen LogP contribution in [0.2, 0.25) is 0 Å². The molecule has 1 N–H and O–H groups in total. The molecule has 1 heterocycles. The lowest BCUT2D eigenvalue weighted by Gasteiger charge is -2.22. The van der Waals surface area contributed by atoms with Crippen LogP contribution in [0.1, 0.15) is 31.4 Å². The maximum absolute atomic E-state index is 9.52. The first-order valence-corrected chi connectivity index (χ1v) is 7.56. The second kappa shape index (κ2) is 6.23. The van der Waals surface area contributed by atoms with E-state index in [1.54, 1.807) is 6.92 Å². The van der Waals surface area contributed by atoms with E-state index in [4.69, 9.17) is 4.74 Å². The molecule has 0 aliphatic carbocycles. The Bertz CT molecular complexity index is 376. The second-order valence-electron chi connectivity index (χ2n) is 4.30. The molecule has 0 amide bonds. The standard InChI is InChI=1S/C13H17BrO2S/c1-9(15)10-2-3-13(12(14)8-10)17-11-4-6-16-7-5-11/h2-3,8-9,11,15H,4-7H2,1H3. The number of rotatable bonds is 3. The van der Waals surface area contributed by atoms with Crippen molar-refractivity contribution in [3.8, 4) is 0 Å². The first-order valence-electron chi connectivity index (χ1n) is 5.88. The lowest BCUT2D eigenvalue weighted by molar-refractivity contribution is 0.100. The molecule has 94 valence electrons. The summed E-state index contributed by atoms with van der Waals surface area (Å²) in [5.74, 6) is 0. The summed E-state index contributed by atoms with van der Waals surface area (Å²) in [7, 11) is 0. The zero-order valence-electron chi connectivity index (χ0n) is 9.86. The van der Waals surface area contributed by atoms with Crippen molar-refractivity contribution in [2.24, 2.45) is 0 Å². The minimum absolute atomic E-state index is 0.409. The first-order chi connectivity index (χ1) is 8.16. The summed E-state index contributed by atoms with van der Waals surface area (Å²) in [6.45, 7) is 3.54. The molecule has 4 heteroatoms. The lowest BCUT2D eigenvalue weighted by Crippen LogP contribution is -2.17. The van der Waals surface area contributed by atoms with Gasteiger partial charge in [-0.05, 0) is 53.4 Å². The summed E-state index contributed by atoms with van der Waals surface area (Å²) in [5.41, 5.74) is 0.952. The van der Waals surface area contributed by atoms with Crippen molar-refractivity contribution in [3.63, 3.8) is 0 Å². The van der Waals surface area contributed by atoms with E-state index in [-0.39, 0.29) is 0 Å². The zero-order chi connectivity index (χ0) is 12.3. The van der Waals surface area contributed by atoms with Gasteiger partial charge in [-0.2, -0.15) is 0 Å². The molecule has 1 unspecified atom stereocenters. The molecule has 1 atom stereocenters. The highest BCUT2D eigenvalue weighted by Crippen LogP contribution is 2.35. The Hall–Kier alpha value is -0.0300. The summed E-state index contributed by atoms with van der Waals surface area (Å²) in [6, 6.07) is 6.09. The average Bonchev–Trinajstić information content (AvgIpc) is 2.33. The predicted molar refractivity (Wildman–Crippen MR) is 74.5 cm³/mol. The highest BCUT2D eigenvalue weighted by molar-refractivity contribution is 9.10. The first kappa shape index (κ1) is 13.4. The van der Waals surface area contributed by atoms with E-state index in [0.717, 1.165) is 36.1 Å². The Balaban J connectivity index is 2.05. The van der Waals surface area contributed by atoms with Crippen molar-refractivity contribution in [3.05, 3.63) is 28.2 Å². The van der Waals surface area contributed by atoms with Crippen molar-refractivity contribution in [2.45, 2.75) is 36.0 Å². The Labute approximate surface area is 115 Å². The zero-order valence-corrected chi connectivity index (χ0v) is 12.3. The maximum Gasteiger partial charge on any atom is 0.0762 e. The van der Waals surface area contributed by atoms with Gasteiger partial charge in [0.05, 0.1) is 6.10 Å². The van der Waals surface area contributed by atoms with E-state index in [2.05, 4.69) is 22.0 Å². The van der Waals surface area contributed by atoms with Crippen LogP contribution in [0.4, 0.5) is 0 Å². The summed E-state index contributed by atoms with van der Waals surface area (Å²) in [5, 5.41) is 10.2. The SMILES string of the molecule is CC(O)c1ccc(SC2CCOCC2)c(Br)c1. The van der Waals surface area contributed by atoms with Crippen LogP contribution in [0, 0.1) is 0 Å². The summed E-state index contributed by atoms with van der Waals surface area (Å²) in [6.07, 6.45) is 1.83. The Kier molecular flexibility index (Phi) is 4.91. The van der Waals surface area contributed by atoms with Crippen molar-refractivity contribution in [1.82, 2.24) is 0 Å². The molecule has 1 aliphatic heterocycles. The molecule has 0 saturated carbocycles. The average molecular weight is 317 g/mol. The molecule has 1 saturated heterocycles. The normalized spacial score (nSPS) is 19.2. The fourth-order valence-corrected chi connectivity index (χ4v) is 3.63. The lowest BCUT2D eigenvalue weighted by atomic mass is 10.1. The Morgan fingerprint density at radius 2 is 2.12 bits per heavy atom. The molecule has 17 heavy (non-hydrogen) atoms. The van der Waals surface area contributed by atoms with Gasteiger partial charge in [-0.3, -0.25) is 0 Å². The molecular formula is C13H17BrO2S. The summed E-state index contributed by atoms with van der Waals surface area (Å²) < 4.78 is 6.44. The molecule has 2 nitrogen and oxygen atoms in total. The second-order valence-corrected chi connectivity index (χ2v) is 6.49. The van der Waals surface area contributed by atoms with Gasteiger partial charge in [-0.1, -0.05) is 6.07 Å². The molecule has 1 aliphatic rings. The Morgan fingerprint density at radius 3 is 2.71 bits per heavy atom. The van der Waals surface area contributed by atoms with E-state index in [9.17, 15) is 5.11 Å². The third kappa shape index (κ3) is 3.71. The molecule has 0 aromatic heterocycles. The van der Waals surface area contributed by atoms with Gasteiger partial charge in [0.25, 0.3) is 0 Å². The topological polar surface area (TPSA) is 29.5 Å². The van der Waals surface area contributed by atoms with Crippen molar-refractivity contribution >= 4 is 27.7 Å². The number of hydrogen-bond acceptors (Lipinski definition) is 3. The van der Waals surface area contributed by atoms with Crippen LogP contribution in [0.15, 0.2) is 27.6 Å². The van der Waals surface area contributed by atoms with Gasteiger partial charge in [0, 0.05) is 27.8 Å². The van der Waals surface area contributed by atoms with Crippen LogP contribution < -0.4 is 0 Å². The number of hydrogen-bond donors (Lipinski definition) is 1. The molecule has 1 fully saturated rings. The molecule has 1 aromatic carbocycles. The third-order valence-corrected chi connectivity index (χ3v) is 5.23. The van der Waals surface area contributed by atoms with E-state index in [1.807, 2.05) is 23.9 Å². The largest absolute Gasteiger partial charge is 0.389 e. The van der Waals surface area contributed by atoms with Crippen molar-refractivity contribution in [2.75, 3.05) is 13.2 Å². The molecule has 0 radical (unpaired) electrons. The molecule has 1 aromatic rings. The Morgan fingerprint density at radius 1 is 1.41 bits per heavy atom. The van der Waals surface area contributed by atoms with E-state index < -0.39 is 6.10 Å². The van der Waals surface area contributed by atoms with Crippen molar-refractivity contribution < 1.29 is 9.84 Å². The van der Waals surface area contributed by atoms with Crippen LogP contribution in [-0.4, -0.2) is 23.6 Å². The highest BCUT2D eigenvalue weighted by atomic mass is 79.9. The van der Waals surface area contributed by atoms with Crippen molar-refractivity contribution in [1.29, 1.82) is 0 Å². The number of aliphatic hydroxyl groups is 1. The monoisotopic (exact) mass is 316 g/mol. The van der Waals surface area contributed by atoms with E-state index in [1.165, 1.54) is 4.90 Å². The minimum atomic E-state index is -0.409. The van der Waals surface area contributed by atoms with E-state index >= 15 is 0 Å². The number of aliphatic hydroxyl groups excluding tert-OH is 1. The smallest absolute Gasteiger partial charge is 0.0762 e. The van der Waals surface area contributed by atoms with Crippen LogP contribution in [0.5, 0.6) is 0 Å². The van der Waals surface area contributed by atoms with Gasteiger partial charge >= 0.3 is 0 Å². The van der Waals surface area contributed by atoms with Gasteiger partial charge in [-0.25, -0.2) is 0 Å². The summed E-state index contributed by atoms with van der Waals surface area (Å²) >= 11 is 5.48. The van der Waals surface area contributed by atoms with Crippen LogP contribution in [-0.2, 0) is 4.74 Å². The van der Waals surface area contributed by atoms with Gasteiger partial charge in [0.1, 0.15) is 0 Å². The summed E-state index contributed by atoms with van der Waals surface area (Å²) in [4.78, 5) is 1.25. The fourth-order valence-electron chi connectivity index (χ4n) is 1.85. The minimum Gasteiger partial charge on any atom is -0.389 e. The predicted octanol–water partition coefficient (Wildman–Crippen LogP) is 3.77. The van der Waals surface area contributed by atoms with Crippen LogP contribution in [0.3, 0.4) is 0 Å². The fraction of sp³-hybridized carbons (Fsp3) is 0.538. The molecule has 0 spiro atoms. The third-order valence-electron chi connectivity index (χ3n) is 2.90. The molecule has 0 bridgehead atoms. The number of ether oxygens (including phenoxy) is 1. The number of halogens is 1. The van der Waals surface area contributed by atoms with Crippen LogP contribution in [0.25, 0.3) is 0 Å². The van der Waals surface area contributed by atoms with Gasteiger partial charge in [0.15, 0.2) is 0 Å². The van der Waals surface area contributed by atoms with Crippen LogP contribution >= 0.6 is 27.7 Å². The van der Waals surface area contributed by atoms with Gasteiger partial charge in [0.2, 0.25) is 0 Å². The molecular weight excluding hydrogens is 300 g/mol. The van der Waals surface area contributed by atoms with Gasteiger partial charge in [-0.15, -0.1) is 11.8 Å². The number of thioether (sulfide) groups is 1. The number of benzene rings is 1. The van der Waals surface area contributed by atoms with Gasteiger partial charge < -0.3 is 9.84 Å². The molecule has 2 rings (SSSR count). The quantitative estimate of drug-likeness (QED) is 0.920. The maximum atomic E-state index is 9.52.